The van der Waals surface area contributed by atoms with E-state index in [0.29, 0.717) is 12.5 Å². The van der Waals surface area contributed by atoms with E-state index >= 15 is 0 Å². The van der Waals surface area contributed by atoms with E-state index in [4.69, 9.17) is 10.5 Å². The van der Waals surface area contributed by atoms with E-state index in [1.807, 2.05) is 49.4 Å². The molecule has 110 valence electrons. The lowest BCUT2D eigenvalue weighted by Crippen LogP contribution is -2.22. The largest absolute Gasteiger partial charge is 0.496 e. The third-order valence-corrected chi connectivity index (χ3v) is 3.45. The van der Waals surface area contributed by atoms with Gasteiger partial charge in [-0.3, -0.25) is 0 Å². The second kappa shape index (κ2) is 7.13. The van der Waals surface area contributed by atoms with Gasteiger partial charge in [-0.05, 0) is 42.8 Å². The van der Waals surface area contributed by atoms with Crippen LogP contribution in [0.5, 0.6) is 5.75 Å². The maximum atomic E-state index is 5.92. The molecule has 0 unspecified atom stereocenters. The van der Waals surface area contributed by atoms with Gasteiger partial charge in [0.25, 0.3) is 0 Å². The van der Waals surface area contributed by atoms with Crippen molar-refractivity contribution in [2.24, 2.45) is 10.7 Å². The first-order chi connectivity index (χ1) is 10.1. The third-order valence-electron chi connectivity index (χ3n) is 2.95. The number of methoxy groups -OCH3 is 1. The molecule has 0 saturated heterocycles. The quantitative estimate of drug-likeness (QED) is 0.654. The highest BCUT2D eigenvalue weighted by Crippen LogP contribution is 2.23. The molecule has 0 aliphatic carbocycles. The first kappa shape index (κ1) is 15.4. The molecule has 0 saturated carbocycles. The lowest BCUT2D eigenvalue weighted by atomic mass is 10.2. The number of halogens is 1. The molecule has 0 bridgehead atoms. The number of aliphatic imine (C=N–C) groups is 1. The zero-order chi connectivity index (χ0) is 15.2. The standard InChI is InChI=1S/C16H18BrN3O/c1-11-4-3-5-14(8-11)20-16(18)19-10-12-9-13(17)6-7-15(12)21-2/h3-9H,10H2,1-2H3,(H3,18,19,20). The number of nitrogens with two attached hydrogens (primary N) is 1. The molecule has 0 aliphatic rings. The monoisotopic (exact) mass is 347 g/mol. The van der Waals surface area contributed by atoms with Gasteiger partial charge in [0.15, 0.2) is 5.96 Å². The Kier molecular flexibility index (Phi) is 5.22. The molecule has 0 spiro atoms. The Morgan fingerprint density at radius 3 is 2.81 bits per heavy atom. The number of guanidine groups is 1. The van der Waals surface area contributed by atoms with Crippen molar-refractivity contribution in [3.63, 3.8) is 0 Å². The molecule has 0 radical (unpaired) electrons. The number of anilines is 1. The molecule has 0 fully saturated rings. The molecule has 0 atom stereocenters. The fourth-order valence-corrected chi connectivity index (χ4v) is 2.36. The lowest BCUT2D eigenvalue weighted by molar-refractivity contribution is 0.410. The molecular formula is C16H18BrN3O. The van der Waals surface area contributed by atoms with Crippen LogP contribution in [0.25, 0.3) is 0 Å². The average Bonchev–Trinajstić information content (AvgIpc) is 2.45. The summed E-state index contributed by atoms with van der Waals surface area (Å²) in [4.78, 5) is 4.35. The third kappa shape index (κ3) is 4.49. The van der Waals surface area contributed by atoms with Gasteiger partial charge in [0, 0.05) is 15.7 Å². The van der Waals surface area contributed by atoms with Crippen molar-refractivity contribution in [3.8, 4) is 5.75 Å². The summed E-state index contributed by atoms with van der Waals surface area (Å²) in [6.07, 6.45) is 0. The van der Waals surface area contributed by atoms with Gasteiger partial charge >= 0.3 is 0 Å². The Bertz CT molecular complexity index is 656. The van der Waals surface area contributed by atoms with Gasteiger partial charge in [-0.1, -0.05) is 28.1 Å². The zero-order valence-electron chi connectivity index (χ0n) is 12.1. The van der Waals surface area contributed by atoms with Gasteiger partial charge in [-0.25, -0.2) is 4.99 Å². The van der Waals surface area contributed by atoms with Crippen molar-refractivity contribution in [3.05, 3.63) is 58.1 Å². The van der Waals surface area contributed by atoms with Crippen molar-refractivity contribution in [2.45, 2.75) is 13.5 Å². The number of hydrogen-bond acceptors (Lipinski definition) is 2. The Hall–Kier alpha value is -2.01. The minimum absolute atomic E-state index is 0.377. The van der Waals surface area contributed by atoms with Crippen LogP contribution >= 0.6 is 15.9 Å². The normalized spacial score (nSPS) is 11.3. The van der Waals surface area contributed by atoms with Crippen molar-refractivity contribution >= 4 is 27.6 Å². The number of nitrogens with one attached hydrogen (secondary N) is 1. The Balaban J connectivity index is 2.08. The summed E-state index contributed by atoms with van der Waals surface area (Å²) >= 11 is 3.44. The molecule has 2 aromatic carbocycles. The Labute approximate surface area is 133 Å². The van der Waals surface area contributed by atoms with Crippen LogP contribution in [0.3, 0.4) is 0 Å². The molecule has 2 rings (SSSR count). The molecule has 2 aromatic rings. The topological polar surface area (TPSA) is 59.6 Å². The number of hydrogen-bond donors (Lipinski definition) is 2. The molecule has 3 N–H and O–H groups in total. The van der Waals surface area contributed by atoms with Crippen LogP contribution in [0.2, 0.25) is 0 Å². The minimum atomic E-state index is 0.377. The number of benzene rings is 2. The van der Waals surface area contributed by atoms with E-state index in [2.05, 4.69) is 26.2 Å². The van der Waals surface area contributed by atoms with Crippen LogP contribution in [-0.4, -0.2) is 13.1 Å². The van der Waals surface area contributed by atoms with E-state index in [1.165, 1.54) is 5.56 Å². The maximum Gasteiger partial charge on any atom is 0.193 e. The molecule has 0 heterocycles. The smallest absolute Gasteiger partial charge is 0.193 e. The molecule has 0 amide bonds. The predicted octanol–water partition coefficient (Wildman–Crippen LogP) is 3.69. The van der Waals surface area contributed by atoms with Crippen molar-refractivity contribution in [1.29, 1.82) is 0 Å². The fourth-order valence-electron chi connectivity index (χ4n) is 1.95. The van der Waals surface area contributed by atoms with Gasteiger partial charge in [0.1, 0.15) is 5.75 Å². The average molecular weight is 348 g/mol. The summed E-state index contributed by atoms with van der Waals surface area (Å²) in [6, 6.07) is 13.8. The summed E-state index contributed by atoms with van der Waals surface area (Å²) in [5, 5.41) is 3.08. The summed E-state index contributed by atoms with van der Waals surface area (Å²) < 4.78 is 6.30. The van der Waals surface area contributed by atoms with Crippen molar-refractivity contribution in [2.75, 3.05) is 12.4 Å². The SMILES string of the molecule is COc1ccc(Br)cc1CN=C(N)Nc1cccc(C)c1. The highest BCUT2D eigenvalue weighted by atomic mass is 79.9. The highest BCUT2D eigenvalue weighted by molar-refractivity contribution is 9.10. The second-order valence-corrected chi connectivity index (χ2v) is 5.57. The van der Waals surface area contributed by atoms with Gasteiger partial charge in [-0.15, -0.1) is 0 Å². The van der Waals surface area contributed by atoms with Gasteiger partial charge in [0.05, 0.1) is 13.7 Å². The maximum absolute atomic E-state index is 5.92. The van der Waals surface area contributed by atoms with E-state index in [0.717, 1.165) is 21.5 Å². The Morgan fingerprint density at radius 2 is 2.10 bits per heavy atom. The molecule has 0 aromatic heterocycles. The van der Waals surface area contributed by atoms with Crippen LogP contribution in [0.4, 0.5) is 5.69 Å². The van der Waals surface area contributed by atoms with E-state index in [1.54, 1.807) is 7.11 Å². The van der Waals surface area contributed by atoms with Gasteiger partial charge < -0.3 is 15.8 Å². The van der Waals surface area contributed by atoms with Crippen molar-refractivity contribution in [1.82, 2.24) is 0 Å². The van der Waals surface area contributed by atoms with Gasteiger partial charge in [0.2, 0.25) is 0 Å². The molecule has 0 aliphatic heterocycles. The van der Waals surface area contributed by atoms with Crippen LogP contribution in [0.15, 0.2) is 51.9 Å². The highest BCUT2D eigenvalue weighted by Gasteiger charge is 2.03. The van der Waals surface area contributed by atoms with Crippen LogP contribution in [-0.2, 0) is 6.54 Å². The summed E-state index contributed by atoms with van der Waals surface area (Å²) in [5.41, 5.74) is 8.99. The second-order valence-electron chi connectivity index (χ2n) is 4.65. The first-order valence-electron chi connectivity index (χ1n) is 6.54. The van der Waals surface area contributed by atoms with Crippen LogP contribution in [0, 0.1) is 6.92 Å². The van der Waals surface area contributed by atoms with E-state index in [9.17, 15) is 0 Å². The van der Waals surface area contributed by atoms with E-state index in [-0.39, 0.29) is 0 Å². The number of rotatable bonds is 4. The number of ether oxygens (including phenoxy) is 1. The lowest BCUT2D eigenvalue weighted by Gasteiger charge is -2.09. The summed E-state index contributed by atoms with van der Waals surface area (Å²) in [5.74, 6) is 1.17. The minimum Gasteiger partial charge on any atom is -0.496 e. The van der Waals surface area contributed by atoms with E-state index < -0.39 is 0 Å². The van der Waals surface area contributed by atoms with Crippen LogP contribution in [0.1, 0.15) is 11.1 Å². The fraction of sp³-hybridized carbons (Fsp3) is 0.188. The number of aryl methyl sites for hydroxylation is 1. The Morgan fingerprint density at radius 1 is 1.29 bits per heavy atom. The molecule has 5 heteroatoms. The summed E-state index contributed by atoms with van der Waals surface area (Å²) in [6.45, 7) is 2.48. The molecule has 21 heavy (non-hydrogen) atoms. The van der Waals surface area contributed by atoms with Gasteiger partial charge in [-0.2, -0.15) is 0 Å². The zero-order valence-corrected chi connectivity index (χ0v) is 13.6. The molecular weight excluding hydrogens is 330 g/mol. The predicted molar refractivity (Wildman–Crippen MR) is 90.8 cm³/mol. The first-order valence-corrected chi connectivity index (χ1v) is 7.34. The number of nitrogens with zero attached hydrogens (tertiary/aromatic N) is 1. The van der Waals surface area contributed by atoms with Crippen molar-refractivity contribution < 1.29 is 4.74 Å². The molecule has 4 nitrogen and oxygen atoms in total. The summed E-state index contributed by atoms with van der Waals surface area (Å²) in [7, 11) is 1.64. The van der Waals surface area contributed by atoms with Crippen LogP contribution < -0.4 is 15.8 Å².